The maximum Gasteiger partial charge on any atom is 0.202 e. The molecular formula is C27H34N4O2. The van der Waals surface area contributed by atoms with Gasteiger partial charge in [-0.1, -0.05) is 39.0 Å². The average molecular weight is 447 g/mol. The number of ketones is 1. The van der Waals surface area contributed by atoms with E-state index in [0.29, 0.717) is 12.8 Å². The Kier molecular flexibility index (Phi) is 6.56. The summed E-state index contributed by atoms with van der Waals surface area (Å²) >= 11 is 0. The highest BCUT2D eigenvalue weighted by molar-refractivity contribution is 5.95. The minimum absolute atomic E-state index is 0.141. The van der Waals surface area contributed by atoms with Crippen LogP contribution in [0.2, 0.25) is 0 Å². The number of imidazole rings is 1. The lowest BCUT2D eigenvalue weighted by Gasteiger charge is -2.38. The fraction of sp³-hybridized carbons (Fsp3) is 0.519. The van der Waals surface area contributed by atoms with Gasteiger partial charge in [0.25, 0.3) is 0 Å². The van der Waals surface area contributed by atoms with Crippen LogP contribution in [0.3, 0.4) is 0 Å². The van der Waals surface area contributed by atoms with E-state index in [9.17, 15) is 9.90 Å². The van der Waals surface area contributed by atoms with Crippen molar-refractivity contribution in [3.05, 3.63) is 58.7 Å². The number of allylic oxidation sites excluding steroid dienone is 2. The number of piperidine rings is 1. The van der Waals surface area contributed by atoms with Gasteiger partial charge in [-0.2, -0.15) is 5.26 Å². The van der Waals surface area contributed by atoms with Crippen molar-refractivity contribution in [3.63, 3.8) is 0 Å². The Hall–Kier alpha value is -2.75. The molecule has 6 heteroatoms. The molecule has 2 aliphatic rings. The zero-order valence-electron chi connectivity index (χ0n) is 19.9. The molecule has 0 atom stereocenters. The molecule has 1 fully saturated rings. The van der Waals surface area contributed by atoms with E-state index in [0.717, 1.165) is 55.6 Å². The zero-order valence-corrected chi connectivity index (χ0v) is 19.9. The first-order valence-electron chi connectivity index (χ1n) is 12.0. The Morgan fingerprint density at radius 3 is 2.64 bits per heavy atom. The van der Waals surface area contributed by atoms with Crippen molar-refractivity contribution in [1.82, 2.24) is 14.9 Å². The van der Waals surface area contributed by atoms with Crippen LogP contribution in [-0.2, 0) is 12.0 Å². The summed E-state index contributed by atoms with van der Waals surface area (Å²) in [6.07, 6.45) is 8.38. The molecule has 1 aromatic heterocycles. The highest BCUT2D eigenvalue weighted by Crippen LogP contribution is 2.41. The molecule has 1 aliphatic carbocycles. The second-order valence-electron chi connectivity index (χ2n) is 10.3. The zero-order chi connectivity index (χ0) is 23.6. The highest BCUT2D eigenvalue weighted by atomic mass is 16.3. The molecule has 2 aromatic rings. The van der Waals surface area contributed by atoms with E-state index in [1.165, 1.54) is 11.8 Å². The van der Waals surface area contributed by atoms with Crippen LogP contribution in [0.4, 0.5) is 0 Å². The summed E-state index contributed by atoms with van der Waals surface area (Å²) in [4.78, 5) is 22.2. The van der Waals surface area contributed by atoms with E-state index in [1.807, 2.05) is 18.2 Å². The molecule has 6 nitrogen and oxygen atoms in total. The number of H-pyrrole nitrogens is 1. The van der Waals surface area contributed by atoms with Gasteiger partial charge in [0.05, 0.1) is 11.8 Å². The Morgan fingerprint density at radius 1 is 1.27 bits per heavy atom. The summed E-state index contributed by atoms with van der Waals surface area (Å²) in [6.45, 7) is 9.51. The van der Waals surface area contributed by atoms with Crippen molar-refractivity contribution >= 4 is 11.4 Å². The Morgan fingerprint density at radius 2 is 2.03 bits per heavy atom. The number of carbonyl (C=O) groups excluding carboxylic acids is 1. The van der Waals surface area contributed by atoms with Gasteiger partial charge in [0.15, 0.2) is 5.82 Å². The van der Waals surface area contributed by atoms with E-state index < -0.39 is 5.60 Å². The highest BCUT2D eigenvalue weighted by Gasteiger charge is 2.34. The molecule has 2 heterocycles. The number of nitriles is 1. The van der Waals surface area contributed by atoms with Crippen LogP contribution >= 0.6 is 0 Å². The maximum atomic E-state index is 12.9. The van der Waals surface area contributed by atoms with Crippen molar-refractivity contribution in [3.8, 4) is 6.07 Å². The van der Waals surface area contributed by atoms with Crippen LogP contribution in [0, 0.1) is 16.7 Å². The number of aromatic nitrogens is 2. The smallest absolute Gasteiger partial charge is 0.202 e. The fourth-order valence-electron chi connectivity index (χ4n) is 4.94. The molecule has 1 aliphatic heterocycles. The minimum Gasteiger partial charge on any atom is -0.385 e. The number of nitrogens with one attached hydrogen (secondary N) is 1. The third kappa shape index (κ3) is 5.10. The van der Waals surface area contributed by atoms with E-state index in [2.05, 4.69) is 47.8 Å². The number of nitrogens with zero attached hydrogens (tertiary/aromatic N) is 3. The maximum absolute atomic E-state index is 12.9. The number of aliphatic hydroxyl groups is 1. The second kappa shape index (κ2) is 9.24. The first kappa shape index (κ1) is 23.4. The van der Waals surface area contributed by atoms with E-state index in [-0.39, 0.29) is 29.1 Å². The molecule has 2 N–H and O–H groups in total. The lowest BCUT2D eigenvalue weighted by atomic mass is 9.75. The molecule has 4 rings (SSSR count). The number of rotatable bonds is 6. The van der Waals surface area contributed by atoms with Gasteiger partial charge in [-0.3, -0.25) is 4.79 Å². The van der Waals surface area contributed by atoms with E-state index in [1.54, 1.807) is 0 Å². The van der Waals surface area contributed by atoms with Gasteiger partial charge in [-0.05, 0) is 72.4 Å². The Labute approximate surface area is 196 Å². The quantitative estimate of drug-likeness (QED) is 0.633. The third-order valence-corrected chi connectivity index (χ3v) is 7.41. The summed E-state index contributed by atoms with van der Waals surface area (Å²) in [7, 11) is 0. The van der Waals surface area contributed by atoms with Crippen LogP contribution in [-0.4, -0.2) is 45.4 Å². The van der Waals surface area contributed by atoms with Crippen molar-refractivity contribution in [1.29, 1.82) is 5.26 Å². The summed E-state index contributed by atoms with van der Waals surface area (Å²) in [5, 5.41) is 20.5. The molecule has 1 saturated heterocycles. The number of carbonyl (C=O) groups is 1. The Balaban J connectivity index is 1.66. The monoisotopic (exact) mass is 446 g/mol. The minimum atomic E-state index is -0.833. The van der Waals surface area contributed by atoms with E-state index in [4.69, 9.17) is 5.26 Å². The van der Waals surface area contributed by atoms with E-state index >= 15 is 0 Å². The Bertz CT molecular complexity index is 1100. The lowest BCUT2D eigenvalue weighted by molar-refractivity contribution is -0.0247. The predicted molar refractivity (Wildman–Crippen MR) is 129 cm³/mol. The van der Waals surface area contributed by atoms with Crippen LogP contribution in [0.5, 0.6) is 0 Å². The van der Waals surface area contributed by atoms with Gasteiger partial charge in [0, 0.05) is 19.5 Å². The number of hydrogen-bond acceptors (Lipinski definition) is 5. The molecule has 0 bridgehead atoms. The third-order valence-electron chi connectivity index (χ3n) is 7.41. The molecule has 1 aromatic carbocycles. The summed E-state index contributed by atoms with van der Waals surface area (Å²) in [5.74, 6) is 0.0723. The first-order chi connectivity index (χ1) is 15.7. The summed E-state index contributed by atoms with van der Waals surface area (Å²) < 4.78 is 0. The standard InChI is InChI=1S/C27H34N4O2/c1-4-31-13-11-27(33,12-14-31)21-6-5-20(15-24(32)25-29-18-22(17-28)30-25)23(16-21)19-7-9-26(2,3)10-8-19/h5-7,16,18,33H,4,8-15H2,1-3H3,(H,29,30). The number of Topliss-reactive ketones (excluding diaryl/α,β-unsaturated/α-hetero) is 1. The first-order valence-corrected chi connectivity index (χ1v) is 12.0. The number of aromatic amines is 1. The molecule has 0 spiro atoms. The van der Waals surface area contributed by atoms with Crippen LogP contribution in [0.15, 0.2) is 30.5 Å². The number of likely N-dealkylation sites (tertiary alicyclic amines) is 1. The SMILES string of the molecule is CCN1CCC(O)(c2ccc(CC(=O)c3ncc(C#N)[nH]3)c(C3=CCC(C)(C)CC3)c2)CC1. The van der Waals surface area contributed by atoms with Crippen molar-refractivity contribution in [2.45, 2.75) is 64.9 Å². The molecule has 0 radical (unpaired) electrons. The normalized spacial score (nSPS) is 20.2. The lowest BCUT2D eigenvalue weighted by Crippen LogP contribution is -2.42. The fourth-order valence-corrected chi connectivity index (χ4v) is 4.94. The van der Waals surface area contributed by atoms with Crippen molar-refractivity contribution < 1.29 is 9.90 Å². The topological polar surface area (TPSA) is 93.0 Å². The summed E-state index contributed by atoms with van der Waals surface area (Å²) in [6, 6.07) is 8.10. The predicted octanol–water partition coefficient (Wildman–Crippen LogP) is 4.60. The molecule has 0 saturated carbocycles. The molecule has 33 heavy (non-hydrogen) atoms. The van der Waals surface area contributed by atoms with Gasteiger partial charge in [0.2, 0.25) is 5.78 Å². The van der Waals surface area contributed by atoms with Crippen LogP contribution in [0.25, 0.3) is 5.57 Å². The molecule has 174 valence electrons. The van der Waals surface area contributed by atoms with Crippen molar-refractivity contribution in [2.24, 2.45) is 5.41 Å². The molecular weight excluding hydrogens is 412 g/mol. The van der Waals surface area contributed by atoms with Gasteiger partial charge < -0.3 is 15.0 Å². The van der Waals surface area contributed by atoms with Crippen LogP contribution < -0.4 is 0 Å². The largest absolute Gasteiger partial charge is 0.385 e. The number of benzene rings is 1. The average Bonchev–Trinajstić information content (AvgIpc) is 3.30. The summed E-state index contributed by atoms with van der Waals surface area (Å²) in [5.41, 5.74) is 3.94. The van der Waals surface area contributed by atoms with Gasteiger partial charge in [-0.15, -0.1) is 0 Å². The second-order valence-corrected chi connectivity index (χ2v) is 10.3. The number of hydrogen-bond donors (Lipinski definition) is 2. The molecule has 0 unspecified atom stereocenters. The van der Waals surface area contributed by atoms with Gasteiger partial charge in [0.1, 0.15) is 11.8 Å². The van der Waals surface area contributed by atoms with Crippen LogP contribution in [0.1, 0.15) is 85.9 Å². The van der Waals surface area contributed by atoms with Gasteiger partial charge in [-0.25, -0.2) is 4.98 Å². The van der Waals surface area contributed by atoms with Gasteiger partial charge >= 0.3 is 0 Å². The van der Waals surface area contributed by atoms with Crippen molar-refractivity contribution in [2.75, 3.05) is 19.6 Å². The molecule has 0 amide bonds.